The van der Waals surface area contributed by atoms with Gasteiger partial charge in [0.1, 0.15) is 6.54 Å². The molecule has 1 aromatic rings. The lowest BCUT2D eigenvalue weighted by molar-refractivity contribution is -0.119. The highest BCUT2D eigenvalue weighted by atomic mass is 79.9. The first-order chi connectivity index (χ1) is 8.74. The molecule has 0 saturated heterocycles. The van der Waals surface area contributed by atoms with Gasteiger partial charge >= 0.3 is 6.18 Å². The highest BCUT2D eigenvalue weighted by molar-refractivity contribution is 9.10. The van der Waals surface area contributed by atoms with Crippen LogP contribution in [0.5, 0.6) is 0 Å². The molecule has 0 heterocycles. The van der Waals surface area contributed by atoms with Gasteiger partial charge in [0.2, 0.25) is 0 Å². The normalized spacial score (nSPS) is 13.4. The Bertz CT molecular complexity index is 421. The summed E-state index contributed by atoms with van der Waals surface area (Å²) < 4.78 is 38.2. The van der Waals surface area contributed by atoms with Gasteiger partial charge < -0.3 is 10.0 Å². The van der Waals surface area contributed by atoms with Crippen molar-refractivity contribution >= 4 is 21.6 Å². The molecular formula is C13H17BrF3NO. The van der Waals surface area contributed by atoms with Crippen LogP contribution in [0, 0.1) is 0 Å². The van der Waals surface area contributed by atoms with Gasteiger partial charge in [-0.25, -0.2) is 0 Å². The molecule has 0 aromatic heterocycles. The van der Waals surface area contributed by atoms with Gasteiger partial charge in [-0.05, 0) is 31.0 Å². The molecule has 6 heteroatoms. The third kappa shape index (κ3) is 5.03. The third-order valence-electron chi connectivity index (χ3n) is 2.66. The number of aliphatic hydroxyl groups is 1. The van der Waals surface area contributed by atoms with Crippen LogP contribution in [-0.2, 0) is 0 Å². The van der Waals surface area contributed by atoms with Crippen LogP contribution in [0.4, 0.5) is 18.9 Å². The highest BCUT2D eigenvalue weighted by Gasteiger charge is 2.30. The Balaban J connectivity index is 3.00. The van der Waals surface area contributed by atoms with E-state index >= 15 is 0 Å². The summed E-state index contributed by atoms with van der Waals surface area (Å²) in [6.45, 7) is 2.81. The van der Waals surface area contributed by atoms with Gasteiger partial charge in [-0.3, -0.25) is 0 Å². The monoisotopic (exact) mass is 339 g/mol. The Morgan fingerprint density at radius 1 is 1.37 bits per heavy atom. The second-order valence-corrected chi connectivity index (χ2v) is 5.27. The SMILES string of the molecule is CCCN(CC(F)(F)F)c1ccc([C@@H](C)O)c(Br)c1. The summed E-state index contributed by atoms with van der Waals surface area (Å²) in [7, 11) is 0. The van der Waals surface area contributed by atoms with Crippen molar-refractivity contribution < 1.29 is 18.3 Å². The number of anilines is 1. The van der Waals surface area contributed by atoms with Crippen LogP contribution in [0.2, 0.25) is 0 Å². The molecule has 2 nitrogen and oxygen atoms in total. The molecular weight excluding hydrogens is 323 g/mol. The molecule has 0 amide bonds. The molecule has 0 aliphatic carbocycles. The Morgan fingerprint density at radius 3 is 2.42 bits per heavy atom. The highest BCUT2D eigenvalue weighted by Crippen LogP contribution is 2.30. The fourth-order valence-corrected chi connectivity index (χ4v) is 2.54. The molecule has 0 radical (unpaired) electrons. The zero-order valence-electron chi connectivity index (χ0n) is 10.8. The van der Waals surface area contributed by atoms with Gasteiger partial charge in [-0.15, -0.1) is 0 Å². The third-order valence-corrected chi connectivity index (χ3v) is 3.35. The van der Waals surface area contributed by atoms with Crippen molar-refractivity contribution in [2.45, 2.75) is 32.5 Å². The molecule has 0 bridgehead atoms. The largest absolute Gasteiger partial charge is 0.405 e. The molecule has 0 aliphatic rings. The van der Waals surface area contributed by atoms with Crippen LogP contribution in [-0.4, -0.2) is 24.4 Å². The van der Waals surface area contributed by atoms with E-state index in [1.165, 1.54) is 4.90 Å². The number of alkyl halides is 3. The maximum absolute atomic E-state index is 12.5. The number of nitrogens with zero attached hydrogens (tertiary/aromatic N) is 1. The average Bonchev–Trinajstić information content (AvgIpc) is 2.26. The van der Waals surface area contributed by atoms with Crippen molar-refractivity contribution in [2.24, 2.45) is 0 Å². The van der Waals surface area contributed by atoms with Crippen LogP contribution < -0.4 is 4.90 Å². The molecule has 1 N–H and O–H groups in total. The Morgan fingerprint density at radius 2 is 2.00 bits per heavy atom. The lowest BCUT2D eigenvalue weighted by Gasteiger charge is -2.26. The predicted octanol–water partition coefficient (Wildman–Crippen LogP) is 4.28. The number of benzene rings is 1. The zero-order chi connectivity index (χ0) is 14.6. The van der Waals surface area contributed by atoms with Crippen LogP contribution in [0.25, 0.3) is 0 Å². The number of hydrogen-bond acceptors (Lipinski definition) is 2. The summed E-state index contributed by atoms with van der Waals surface area (Å²) in [5.74, 6) is 0. The molecule has 1 aromatic carbocycles. The summed E-state index contributed by atoms with van der Waals surface area (Å²) in [5, 5.41) is 9.50. The van der Waals surface area contributed by atoms with Gasteiger partial charge in [0, 0.05) is 16.7 Å². The molecule has 0 aliphatic heterocycles. The molecule has 1 rings (SSSR count). The fraction of sp³-hybridized carbons (Fsp3) is 0.538. The van der Waals surface area contributed by atoms with E-state index in [-0.39, 0.29) is 0 Å². The molecule has 1 atom stereocenters. The van der Waals surface area contributed by atoms with Gasteiger partial charge in [0.05, 0.1) is 6.10 Å². The lowest BCUT2D eigenvalue weighted by atomic mass is 10.1. The number of rotatable bonds is 5. The van der Waals surface area contributed by atoms with Crippen molar-refractivity contribution in [2.75, 3.05) is 18.0 Å². The van der Waals surface area contributed by atoms with E-state index < -0.39 is 18.8 Å². The van der Waals surface area contributed by atoms with Crippen LogP contribution >= 0.6 is 15.9 Å². The number of aliphatic hydroxyl groups excluding tert-OH is 1. The Labute approximate surface area is 119 Å². The van der Waals surface area contributed by atoms with Gasteiger partial charge in [0.15, 0.2) is 0 Å². The fourth-order valence-electron chi connectivity index (χ4n) is 1.84. The number of halogens is 4. The standard InChI is InChI=1S/C13H17BrF3NO/c1-3-6-18(8-13(15,16)17)10-4-5-11(9(2)19)12(14)7-10/h4-5,7,9,19H,3,6,8H2,1-2H3/t9-/m1/s1. The zero-order valence-corrected chi connectivity index (χ0v) is 12.4. The smallest absolute Gasteiger partial charge is 0.389 e. The maximum Gasteiger partial charge on any atom is 0.405 e. The first-order valence-electron chi connectivity index (χ1n) is 6.03. The van der Waals surface area contributed by atoms with Crippen molar-refractivity contribution in [3.8, 4) is 0 Å². The first-order valence-corrected chi connectivity index (χ1v) is 6.83. The van der Waals surface area contributed by atoms with Crippen LogP contribution in [0.3, 0.4) is 0 Å². The van der Waals surface area contributed by atoms with Crippen LogP contribution in [0.1, 0.15) is 31.9 Å². The van der Waals surface area contributed by atoms with Crippen LogP contribution in [0.15, 0.2) is 22.7 Å². The van der Waals surface area contributed by atoms with Gasteiger partial charge in [-0.2, -0.15) is 13.2 Å². The second kappa shape index (κ2) is 6.61. The first kappa shape index (κ1) is 16.3. The summed E-state index contributed by atoms with van der Waals surface area (Å²) in [4.78, 5) is 1.29. The summed E-state index contributed by atoms with van der Waals surface area (Å²) >= 11 is 3.28. The van der Waals surface area contributed by atoms with E-state index in [9.17, 15) is 18.3 Å². The van der Waals surface area contributed by atoms with E-state index in [0.29, 0.717) is 28.7 Å². The topological polar surface area (TPSA) is 23.5 Å². The minimum absolute atomic E-state index is 0.333. The van der Waals surface area contributed by atoms with E-state index in [0.717, 1.165) is 0 Å². The van der Waals surface area contributed by atoms with Crippen molar-refractivity contribution in [1.82, 2.24) is 0 Å². The van der Waals surface area contributed by atoms with E-state index in [2.05, 4.69) is 15.9 Å². The predicted molar refractivity (Wildman–Crippen MR) is 73.3 cm³/mol. The lowest BCUT2D eigenvalue weighted by Crippen LogP contribution is -2.34. The molecule has 0 unspecified atom stereocenters. The second-order valence-electron chi connectivity index (χ2n) is 4.42. The average molecular weight is 340 g/mol. The molecule has 0 fully saturated rings. The quantitative estimate of drug-likeness (QED) is 0.865. The van der Waals surface area contributed by atoms with Gasteiger partial charge in [-0.1, -0.05) is 28.9 Å². The molecule has 19 heavy (non-hydrogen) atoms. The maximum atomic E-state index is 12.5. The molecule has 0 saturated carbocycles. The summed E-state index contributed by atoms with van der Waals surface area (Å²) in [6.07, 6.45) is -4.26. The van der Waals surface area contributed by atoms with E-state index in [1.54, 1.807) is 25.1 Å². The summed E-state index contributed by atoms with van der Waals surface area (Å²) in [5.41, 5.74) is 1.16. The Kier molecular flexibility index (Phi) is 5.67. The minimum Gasteiger partial charge on any atom is -0.389 e. The summed E-state index contributed by atoms with van der Waals surface area (Å²) in [6, 6.07) is 4.86. The minimum atomic E-state index is -4.23. The van der Waals surface area contributed by atoms with Crippen molar-refractivity contribution in [3.63, 3.8) is 0 Å². The Hall–Kier alpha value is -0.750. The van der Waals surface area contributed by atoms with Crippen molar-refractivity contribution in [1.29, 1.82) is 0 Å². The molecule has 0 spiro atoms. The van der Waals surface area contributed by atoms with E-state index in [4.69, 9.17) is 0 Å². The molecule has 108 valence electrons. The number of hydrogen-bond donors (Lipinski definition) is 1. The van der Waals surface area contributed by atoms with E-state index in [1.807, 2.05) is 6.92 Å². The van der Waals surface area contributed by atoms with Crippen molar-refractivity contribution in [3.05, 3.63) is 28.2 Å². The van der Waals surface area contributed by atoms with Gasteiger partial charge in [0.25, 0.3) is 0 Å².